The molecule has 1 aromatic rings. The molecule has 0 amide bonds. The third-order valence-corrected chi connectivity index (χ3v) is 3.69. The van der Waals surface area contributed by atoms with E-state index in [2.05, 4.69) is 30.1 Å². The van der Waals surface area contributed by atoms with Crippen LogP contribution in [0.5, 0.6) is 0 Å². The Kier molecular flexibility index (Phi) is 4.24. The van der Waals surface area contributed by atoms with Gasteiger partial charge in [0.15, 0.2) is 0 Å². The molecule has 1 N–H and O–H groups in total. The summed E-state index contributed by atoms with van der Waals surface area (Å²) >= 11 is 0. The van der Waals surface area contributed by atoms with E-state index in [1.807, 2.05) is 7.05 Å². The van der Waals surface area contributed by atoms with E-state index in [1.165, 1.54) is 31.5 Å². The van der Waals surface area contributed by atoms with Gasteiger partial charge in [-0.2, -0.15) is 0 Å². The lowest BCUT2D eigenvalue weighted by atomic mass is 9.99. The van der Waals surface area contributed by atoms with Crippen molar-refractivity contribution in [3.05, 3.63) is 23.2 Å². The van der Waals surface area contributed by atoms with E-state index < -0.39 is 0 Å². The van der Waals surface area contributed by atoms with Crippen LogP contribution in [0.15, 0.2) is 10.5 Å². The minimum atomic E-state index is 0.893. The van der Waals surface area contributed by atoms with Gasteiger partial charge in [-0.1, -0.05) is 6.92 Å². The Labute approximate surface area is 104 Å². The zero-order valence-electron chi connectivity index (χ0n) is 11.3. The molecule has 1 fully saturated rings. The predicted octanol–water partition coefficient (Wildman–Crippen LogP) is 2.54. The number of nitrogens with zero attached hydrogens (tertiary/aromatic N) is 1. The average Bonchev–Trinajstić information content (AvgIpc) is 2.63. The lowest BCUT2D eigenvalue weighted by Gasteiger charge is -2.29. The molecular formula is C14H24N2O. The maximum absolute atomic E-state index is 5.82. The van der Waals surface area contributed by atoms with Gasteiger partial charge in [0.25, 0.3) is 0 Å². The summed E-state index contributed by atoms with van der Waals surface area (Å²) in [5, 5.41) is 3.17. The van der Waals surface area contributed by atoms with Crippen molar-refractivity contribution >= 4 is 0 Å². The molecular weight excluding hydrogens is 212 g/mol. The Hall–Kier alpha value is -0.800. The smallest absolute Gasteiger partial charge is 0.118 e. The van der Waals surface area contributed by atoms with Gasteiger partial charge in [0, 0.05) is 12.1 Å². The van der Waals surface area contributed by atoms with Gasteiger partial charge in [0.05, 0.1) is 6.54 Å². The van der Waals surface area contributed by atoms with Crippen LogP contribution in [0, 0.1) is 12.8 Å². The van der Waals surface area contributed by atoms with Crippen molar-refractivity contribution < 1.29 is 4.42 Å². The van der Waals surface area contributed by atoms with E-state index in [4.69, 9.17) is 4.42 Å². The van der Waals surface area contributed by atoms with Crippen molar-refractivity contribution in [3.8, 4) is 0 Å². The Morgan fingerprint density at radius 3 is 2.76 bits per heavy atom. The predicted molar refractivity (Wildman–Crippen MR) is 69.9 cm³/mol. The zero-order valence-corrected chi connectivity index (χ0v) is 11.3. The van der Waals surface area contributed by atoms with E-state index in [0.717, 1.165) is 30.5 Å². The molecule has 0 aliphatic carbocycles. The van der Waals surface area contributed by atoms with E-state index >= 15 is 0 Å². The zero-order chi connectivity index (χ0) is 12.3. The molecule has 0 atom stereocenters. The largest absolute Gasteiger partial charge is 0.465 e. The molecule has 0 radical (unpaired) electrons. The van der Waals surface area contributed by atoms with Gasteiger partial charge in [-0.15, -0.1) is 0 Å². The molecule has 96 valence electrons. The van der Waals surface area contributed by atoms with Gasteiger partial charge in [0.1, 0.15) is 11.5 Å². The molecule has 0 unspecified atom stereocenters. The topological polar surface area (TPSA) is 28.4 Å². The average molecular weight is 236 g/mol. The third kappa shape index (κ3) is 3.33. The number of likely N-dealkylation sites (tertiary alicyclic amines) is 1. The SMILES string of the molecule is CNCc1cc(CN2CCC(C)CC2)oc1C. The second-order valence-electron chi connectivity index (χ2n) is 5.28. The first-order valence-corrected chi connectivity index (χ1v) is 6.64. The van der Waals surface area contributed by atoms with Gasteiger partial charge in [-0.05, 0) is 51.9 Å². The third-order valence-electron chi connectivity index (χ3n) is 3.69. The number of piperidine rings is 1. The minimum Gasteiger partial charge on any atom is -0.465 e. The van der Waals surface area contributed by atoms with Crippen molar-refractivity contribution in [2.75, 3.05) is 20.1 Å². The first-order chi connectivity index (χ1) is 8.19. The van der Waals surface area contributed by atoms with Crippen LogP contribution in [-0.4, -0.2) is 25.0 Å². The van der Waals surface area contributed by atoms with Crippen LogP contribution in [-0.2, 0) is 13.1 Å². The highest BCUT2D eigenvalue weighted by Gasteiger charge is 2.17. The van der Waals surface area contributed by atoms with Crippen molar-refractivity contribution in [2.24, 2.45) is 5.92 Å². The fourth-order valence-electron chi connectivity index (χ4n) is 2.47. The van der Waals surface area contributed by atoms with Gasteiger partial charge in [-0.25, -0.2) is 0 Å². The Morgan fingerprint density at radius 1 is 1.41 bits per heavy atom. The van der Waals surface area contributed by atoms with Crippen LogP contribution < -0.4 is 5.32 Å². The highest BCUT2D eigenvalue weighted by atomic mass is 16.3. The second-order valence-corrected chi connectivity index (χ2v) is 5.28. The van der Waals surface area contributed by atoms with Crippen LogP contribution in [0.4, 0.5) is 0 Å². The number of hydrogen-bond acceptors (Lipinski definition) is 3. The highest BCUT2D eigenvalue weighted by Crippen LogP contribution is 2.20. The Bertz CT molecular complexity index is 351. The van der Waals surface area contributed by atoms with E-state index in [0.29, 0.717) is 0 Å². The first-order valence-electron chi connectivity index (χ1n) is 6.64. The van der Waals surface area contributed by atoms with Gasteiger partial charge in [0.2, 0.25) is 0 Å². The molecule has 1 saturated heterocycles. The molecule has 3 nitrogen and oxygen atoms in total. The van der Waals surface area contributed by atoms with Crippen LogP contribution in [0.3, 0.4) is 0 Å². The fourth-order valence-corrected chi connectivity index (χ4v) is 2.47. The van der Waals surface area contributed by atoms with Crippen LogP contribution in [0.25, 0.3) is 0 Å². The standard InChI is InChI=1S/C14H24N2O/c1-11-4-6-16(7-5-11)10-14-8-13(9-15-3)12(2)17-14/h8,11,15H,4-7,9-10H2,1-3H3. The fraction of sp³-hybridized carbons (Fsp3) is 0.714. The van der Waals surface area contributed by atoms with Gasteiger partial charge in [-0.3, -0.25) is 4.90 Å². The van der Waals surface area contributed by atoms with E-state index in [-0.39, 0.29) is 0 Å². The summed E-state index contributed by atoms with van der Waals surface area (Å²) in [5.41, 5.74) is 1.29. The molecule has 3 heteroatoms. The monoisotopic (exact) mass is 236 g/mol. The number of nitrogens with one attached hydrogen (secondary N) is 1. The lowest BCUT2D eigenvalue weighted by Crippen LogP contribution is -2.32. The number of aryl methyl sites for hydroxylation is 1. The molecule has 17 heavy (non-hydrogen) atoms. The summed E-state index contributed by atoms with van der Waals surface area (Å²) in [6, 6.07) is 2.20. The minimum absolute atomic E-state index is 0.893. The summed E-state index contributed by atoms with van der Waals surface area (Å²) in [6.07, 6.45) is 2.64. The number of furan rings is 1. The van der Waals surface area contributed by atoms with E-state index in [9.17, 15) is 0 Å². The molecule has 1 aromatic heterocycles. The summed E-state index contributed by atoms with van der Waals surface area (Å²) in [7, 11) is 1.97. The molecule has 0 spiro atoms. The first kappa shape index (κ1) is 12.7. The summed E-state index contributed by atoms with van der Waals surface area (Å²) in [6.45, 7) is 8.68. The van der Waals surface area contributed by atoms with Crippen LogP contribution >= 0.6 is 0 Å². The molecule has 1 aliphatic heterocycles. The van der Waals surface area contributed by atoms with E-state index in [1.54, 1.807) is 0 Å². The normalized spacial score (nSPS) is 18.8. The lowest BCUT2D eigenvalue weighted by molar-refractivity contribution is 0.173. The van der Waals surface area contributed by atoms with Gasteiger partial charge < -0.3 is 9.73 Å². The maximum atomic E-state index is 5.82. The molecule has 0 bridgehead atoms. The number of rotatable bonds is 4. The Balaban J connectivity index is 1.92. The maximum Gasteiger partial charge on any atom is 0.118 e. The quantitative estimate of drug-likeness (QED) is 0.871. The second kappa shape index (κ2) is 5.69. The van der Waals surface area contributed by atoms with Crippen LogP contribution in [0.2, 0.25) is 0 Å². The summed E-state index contributed by atoms with van der Waals surface area (Å²) in [4.78, 5) is 2.50. The molecule has 1 aliphatic rings. The van der Waals surface area contributed by atoms with Crippen molar-refractivity contribution in [3.63, 3.8) is 0 Å². The highest BCUT2D eigenvalue weighted by molar-refractivity contribution is 5.20. The summed E-state index contributed by atoms with van der Waals surface area (Å²) < 4.78 is 5.82. The molecule has 0 saturated carbocycles. The van der Waals surface area contributed by atoms with Crippen molar-refractivity contribution in [2.45, 2.75) is 39.8 Å². The van der Waals surface area contributed by atoms with Crippen LogP contribution in [0.1, 0.15) is 36.8 Å². The van der Waals surface area contributed by atoms with Crippen molar-refractivity contribution in [1.82, 2.24) is 10.2 Å². The molecule has 2 heterocycles. The number of hydrogen-bond donors (Lipinski definition) is 1. The summed E-state index contributed by atoms with van der Waals surface area (Å²) in [5.74, 6) is 3.06. The molecule has 0 aromatic carbocycles. The van der Waals surface area contributed by atoms with Gasteiger partial charge >= 0.3 is 0 Å². The van der Waals surface area contributed by atoms with Crippen molar-refractivity contribution in [1.29, 1.82) is 0 Å². The molecule has 2 rings (SSSR count). The Morgan fingerprint density at radius 2 is 2.12 bits per heavy atom.